The molecule has 0 aromatic carbocycles. The maximum atomic E-state index is 12.4. The fourth-order valence-corrected chi connectivity index (χ4v) is 3.21. The Labute approximate surface area is 128 Å². The van der Waals surface area contributed by atoms with Crippen LogP contribution >= 0.6 is 0 Å². The van der Waals surface area contributed by atoms with Gasteiger partial charge in [-0.15, -0.1) is 0 Å². The molecule has 0 bridgehead atoms. The summed E-state index contributed by atoms with van der Waals surface area (Å²) in [7, 11) is 0. The first kappa shape index (κ1) is 14.8. The number of aliphatic hydroxyl groups is 1. The van der Waals surface area contributed by atoms with Gasteiger partial charge in [-0.25, -0.2) is 4.98 Å². The zero-order valence-corrected chi connectivity index (χ0v) is 12.9. The molecule has 0 aliphatic heterocycles. The van der Waals surface area contributed by atoms with Crippen molar-refractivity contribution in [2.45, 2.75) is 51.8 Å². The predicted molar refractivity (Wildman–Crippen MR) is 78.5 cm³/mol. The fourth-order valence-electron chi connectivity index (χ4n) is 3.21. The maximum absolute atomic E-state index is 12.4. The number of nitrogens with zero attached hydrogens (tertiary/aromatic N) is 3. The molecule has 22 heavy (non-hydrogen) atoms. The summed E-state index contributed by atoms with van der Waals surface area (Å²) in [5.41, 5.74) is 1.01. The van der Waals surface area contributed by atoms with Crippen molar-refractivity contribution in [2.24, 2.45) is 0 Å². The van der Waals surface area contributed by atoms with Crippen molar-refractivity contribution in [1.29, 1.82) is 0 Å². The summed E-state index contributed by atoms with van der Waals surface area (Å²) in [6, 6.07) is -0.342. The Morgan fingerprint density at radius 2 is 2.18 bits per heavy atom. The van der Waals surface area contributed by atoms with Gasteiger partial charge in [0.1, 0.15) is 17.1 Å². The molecule has 1 saturated carbocycles. The molecule has 1 aliphatic carbocycles. The van der Waals surface area contributed by atoms with Crippen LogP contribution in [-0.4, -0.2) is 37.9 Å². The Kier molecular flexibility index (Phi) is 3.74. The highest BCUT2D eigenvalue weighted by atomic mass is 16.5. The standard InChI is InChI=1S/C15H20N4O3/c1-8-13(9(2)22-18-8)15(21)17-11-4-5-12(14(11)20)19-7-6-16-10(19)3/h6-7,11-12,14,20H,4-5H2,1-3H3,(H,17,21)/t11-,12-,14-/m1/s1. The minimum Gasteiger partial charge on any atom is -0.389 e. The zero-order chi connectivity index (χ0) is 15.9. The van der Waals surface area contributed by atoms with E-state index < -0.39 is 6.10 Å². The number of carbonyl (C=O) groups is 1. The Bertz CT molecular complexity index is 671. The molecule has 0 radical (unpaired) electrons. The normalized spacial score (nSPS) is 24.6. The molecule has 0 saturated heterocycles. The van der Waals surface area contributed by atoms with Crippen LogP contribution in [0, 0.1) is 20.8 Å². The van der Waals surface area contributed by atoms with Gasteiger partial charge in [-0.1, -0.05) is 5.16 Å². The molecule has 2 aromatic heterocycles. The summed E-state index contributed by atoms with van der Waals surface area (Å²) in [4.78, 5) is 16.6. The number of hydrogen-bond acceptors (Lipinski definition) is 5. The summed E-state index contributed by atoms with van der Waals surface area (Å²) < 4.78 is 6.98. The van der Waals surface area contributed by atoms with Crippen LogP contribution in [0.15, 0.2) is 16.9 Å². The smallest absolute Gasteiger partial charge is 0.257 e. The molecule has 1 amide bonds. The number of nitrogens with one attached hydrogen (secondary N) is 1. The average molecular weight is 304 g/mol. The first-order valence-electron chi connectivity index (χ1n) is 7.40. The van der Waals surface area contributed by atoms with Crippen molar-refractivity contribution < 1.29 is 14.4 Å². The van der Waals surface area contributed by atoms with Crippen LogP contribution in [0.1, 0.15) is 46.5 Å². The number of hydrogen-bond donors (Lipinski definition) is 2. The van der Waals surface area contributed by atoms with Crippen LogP contribution in [0.4, 0.5) is 0 Å². The van der Waals surface area contributed by atoms with Crippen molar-refractivity contribution in [3.05, 3.63) is 35.2 Å². The molecule has 1 aliphatic rings. The molecule has 0 spiro atoms. The number of carbonyl (C=O) groups excluding carboxylic acids is 1. The molecule has 7 heteroatoms. The van der Waals surface area contributed by atoms with E-state index in [4.69, 9.17) is 4.52 Å². The third kappa shape index (κ3) is 2.41. The van der Waals surface area contributed by atoms with Crippen molar-refractivity contribution in [1.82, 2.24) is 20.0 Å². The Hall–Kier alpha value is -2.15. The second kappa shape index (κ2) is 5.57. The third-order valence-corrected chi connectivity index (χ3v) is 4.38. The summed E-state index contributed by atoms with van der Waals surface area (Å²) in [6.45, 7) is 5.34. The highest BCUT2D eigenvalue weighted by Crippen LogP contribution is 2.31. The van der Waals surface area contributed by atoms with E-state index in [1.807, 2.05) is 17.7 Å². The van der Waals surface area contributed by atoms with Crippen LogP contribution in [0.25, 0.3) is 0 Å². The van der Waals surface area contributed by atoms with Crippen LogP contribution in [0.3, 0.4) is 0 Å². The van der Waals surface area contributed by atoms with Crippen LogP contribution in [0.5, 0.6) is 0 Å². The Balaban J connectivity index is 1.72. The lowest BCUT2D eigenvalue weighted by Crippen LogP contribution is -2.42. The van der Waals surface area contributed by atoms with Crippen LogP contribution in [-0.2, 0) is 0 Å². The van der Waals surface area contributed by atoms with Gasteiger partial charge in [0, 0.05) is 12.4 Å². The molecular formula is C15H20N4O3. The van der Waals surface area contributed by atoms with Crippen LogP contribution in [0.2, 0.25) is 0 Å². The lowest BCUT2D eigenvalue weighted by atomic mass is 10.1. The second-order valence-electron chi connectivity index (χ2n) is 5.80. The SMILES string of the molecule is Cc1noc(C)c1C(=O)N[C@@H]1CC[C@@H](n2ccnc2C)[C@@H]1O. The number of amides is 1. The first-order valence-corrected chi connectivity index (χ1v) is 7.40. The minimum atomic E-state index is -0.641. The van der Waals surface area contributed by atoms with E-state index in [1.165, 1.54) is 0 Å². The van der Waals surface area contributed by atoms with Gasteiger partial charge >= 0.3 is 0 Å². The van der Waals surface area contributed by atoms with Crippen molar-refractivity contribution in [3.8, 4) is 0 Å². The van der Waals surface area contributed by atoms with Crippen molar-refractivity contribution in [2.75, 3.05) is 0 Å². The maximum Gasteiger partial charge on any atom is 0.257 e. The van der Waals surface area contributed by atoms with E-state index in [2.05, 4.69) is 15.5 Å². The number of aliphatic hydroxyl groups excluding tert-OH is 1. The van der Waals surface area contributed by atoms with Gasteiger partial charge in [0.2, 0.25) is 0 Å². The van der Waals surface area contributed by atoms with E-state index in [-0.39, 0.29) is 18.0 Å². The summed E-state index contributed by atoms with van der Waals surface area (Å²) in [5, 5.41) is 17.2. The van der Waals surface area contributed by atoms with Crippen molar-refractivity contribution >= 4 is 5.91 Å². The summed E-state index contributed by atoms with van der Waals surface area (Å²) in [6.07, 6.45) is 4.46. The molecule has 2 heterocycles. The van der Waals surface area contributed by atoms with Crippen molar-refractivity contribution in [3.63, 3.8) is 0 Å². The highest BCUT2D eigenvalue weighted by molar-refractivity contribution is 5.96. The van der Waals surface area contributed by atoms with Gasteiger partial charge in [0.25, 0.3) is 5.91 Å². The number of imidazole rings is 1. The quantitative estimate of drug-likeness (QED) is 0.891. The fraction of sp³-hybridized carbons (Fsp3) is 0.533. The van der Waals surface area contributed by atoms with Gasteiger partial charge in [-0.3, -0.25) is 4.79 Å². The van der Waals surface area contributed by atoms with E-state index >= 15 is 0 Å². The third-order valence-electron chi connectivity index (χ3n) is 4.38. The van der Waals surface area contributed by atoms with E-state index in [9.17, 15) is 9.90 Å². The topological polar surface area (TPSA) is 93.2 Å². The minimum absolute atomic E-state index is 0.0579. The van der Waals surface area contributed by atoms with Gasteiger partial charge in [-0.2, -0.15) is 0 Å². The lowest BCUT2D eigenvalue weighted by molar-refractivity contribution is 0.0810. The summed E-state index contributed by atoms with van der Waals surface area (Å²) >= 11 is 0. The van der Waals surface area contributed by atoms with Crippen LogP contribution < -0.4 is 5.32 Å². The predicted octanol–water partition coefficient (Wildman–Crippen LogP) is 1.29. The molecular weight excluding hydrogens is 284 g/mol. The lowest BCUT2D eigenvalue weighted by Gasteiger charge is -2.22. The van der Waals surface area contributed by atoms with E-state index in [0.29, 0.717) is 17.0 Å². The van der Waals surface area contributed by atoms with E-state index in [1.54, 1.807) is 20.0 Å². The molecule has 0 unspecified atom stereocenters. The van der Waals surface area contributed by atoms with Gasteiger partial charge in [0.05, 0.1) is 23.9 Å². The zero-order valence-electron chi connectivity index (χ0n) is 12.9. The first-order chi connectivity index (χ1) is 10.5. The van der Waals surface area contributed by atoms with Gasteiger partial charge in [-0.05, 0) is 33.6 Å². The molecule has 7 nitrogen and oxygen atoms in total. The molecule has 1 fully saturated rings. The monoisotopic (exact) mass is 304 g/mol. The molecule has 2 N–H and O–H groups in total. The second-order valence-corrected chi connectivity index (χ2v) is 5.80. The van der Waals surface area contributed by atoms with E-state index in [0.717, 1.165) is 18.7 Å². The van der Waals surface area contributed by atoms with Gasteiger partial charge < -0.3 is 19.5 Å². The molecule has 2 aromatic rings. The molecule has 118 valence electrons. The number of rotatable bonds is 3. The number of aryl methyl sites for hydroxylation is 3. The highest BCUT2D eigenvalue weighted by Gasteiger charge is 2.37. The Morgan fingerprint density at radius 3 is 2.77 bits per heavy atom. The Morgan fingerprint density at radius 1 is 1.41 bits per heavy atom. The largest absolute Gasteiger partial charge is 0.389 e. The molecule has 3 rings (SSSR count). The molecule has 3 atom stereocenters. The number of aromatic nitrogens is 3. The van der Waals surface area contributed by atoms with Gasteiger partial charge in [0.15, 0.2) is 0 Å². The average Bonchev–Trinajstić information content (AvgIpc) is 3.12. The summed E-state index contributed by atoms with van der Waals surface area (Å²) in [5.74, 6) is 1.11.